The highest BCUT2D eigenvalue weighted by atomic mass is 32.2. The number of aryl methyl sites for hydroxylation is 2. The maximum atomic E-state index is 13.6. The minimum absolute atomic E-state index is 0.0800. The first kappa shape index (κ1) is 20.3. The zero-order valence-electron chi connectivity index (χ0n) is 16.3. The van der Waals surface area contributed by atoms with Gasteiger partial charge in [0.15, 0.2) is 5.16 Å². The summed E-state index contributed by atoms with van der Waals surface area (Å²) in [6, 6.07) is 13.5. The average molecular weight is 440 g/mol. The molecule has 0 aliphatic heterocycles. The average Bonchev–Trinajstić information content (AvgIpc) is 3.18. The summed E-state index contributed by atoms with van der Waals surface area (Å²) < 4.78 is 15.6. The number of rotatable bonds is 5. The van der Waals surface area contributed by atoms with Crippen molar-refractivity contribution < 1.29 is 9.18 Å². The van der Waals surface area contributed by atoms with Crippen LogP contribution in [0.5, 0.6) is 0 Å². The number of benzene rings is 2. The number of carbonyl (C=O) groups is 1. The number of hydrogen-bond acceptors (Lipinski definition) is 5. The molecule has 152 valence electrons. The van der Waals surface area contributed by atoms with E-state index >= 15 is 0 Å². The van der Waals surface area contributed by atoms with Crippen LogP contribution in [0.15, 0.2) is 63.9 Å². The number of halogens is 1. The van der Waals surface area contributed by atoms with Crippen LogP contribution in [0.1, 0.15) is 11.1 Å². The molecule has 2 heterocycles. The third-order valence-corrected chi connectivity index (χ3v) is 6.43. The van der Waals surface area contributed by atoms with E-state index < -0.39 is 0 Å². The van der Waals surface area contributed by atoms with Crippen LogP contribution >= 0.6 is 23.1 Å². The van der Waals surface area contributed by atoms with E-state index in [1.54, 1.807) is 24.4 Å². The van der Waals surface area contributed by atoms with Gasteiger partial charge in [0.25, 0.3) is 5.56 Å². The van der Waals surface area contributed by atoms with Crippen LogP contribution in [0, 0.1) is 19.7 Å². The fraction of sp³-hybridized carbons (Fsp3) is 0.136. The predicted octanol–water partition coefficient (Wildman–Crippen LogP) is 4.93. The molecule has 0 saturated heterocycles. The van der Waals surface area contributed by atoms with E-state index in [4.69, 9.17) is 0 Å². The molecule has 4 aromatic rings. The van der Waals surface area contributed by atoms with E-state index in [1.165, 1.54) is 39.8 Å². The van der Waals surface area contributed by atoms with Crippen molar-refractivity contribution in [1.82, 2.24) is 9.55 Å². The van der Waals surface area contributed by atoms with Crippen molar-refractivity contribution in [3.8, 4) is 5.69 Å². The van der Waals surface area contributed by atoms with Crippen LogP contribution in [-0.4, -0.2) is 21.2 Å². The summed E-state index contributed by atoms with van der Waals surface area (Å²) in [5.74, 6) is -0.492. The number of anilines is 1. The molecule has 5 nitrogen and oxygen atoms in total. The Balaban J connectivity index is 1.69. The predicted molar refractivity (Wildman–Crippen MR) is 120 cm³/mol. The van der Waals surface area contributed by atoms with Gasteiger partial charge in [0.05, 0.1) is 17.0 Å². The Morgan fingerprint density at radius 1 is 1.17 bits per heavy atom. The van der Waals surface area contributed by atoms with Crippen LogP contribution in [0.2, 0.25) is 0 Å². The van der Waals surface area contributed by atoms with Crippen molar-refractivity contribution in [2.24, 2.45) is 0 Å². The number of nitrogens with one attached hydrogen (secondary N) is 1. The van der Waals surface area contributed by atoms with Gasteiger partial charge in [-0.05, 0) is 60.7 Å². The second-order valence-corrected chi connectivity index (χ2v) is 8.61. The lowest BCUT2D eigenvalue weighted by atomic mass is 10.2. The summed E-state index contributed by atoms with van der Waals surface area (Å²) in [7, 11) is 0. The first-order valence-corrected chi connectivity index (χ1v) is 11.1. The molecular weight excluding hydrogens is 421 g/mol. The molecule has 0 fully saturated rings. The Labute approximate surface area is 180 Å². The highest BCUT2D eigenvalue weighted by Crippen LogP contribution is 2.25. The van der Waals surface area contributed by atoms with Gasteiger partial charge >= 0.3 is 0 Å². The van der Waals surface area contributed by atoms with E-state index in [0.29, 0.717) is 26.6 Å². The lowest BCUT2D eigenvalue weighted by molar-refractivity contribution is -0.113. The lowest BCUT2D eigenvalue weighted by Gasteiger charge is -2.14. The van der Waals surface area contributed by atoms with Crippen molar-refractivity contribution in [3.05, 3.63) is 81.2 Å². The Morgan fingerprint density at radius 2 is 1.97 bits per heavy atom. The van der Waals surface area contributed by atoms with E-state index in [9.17, 15) is 14.0 Å². The second-order valence-electron chi connectivity index (χ2n) is 6.75. The van der Waals surface area contributed by atoms with Gasteiger partial charge in [-0.25, -0.2) is 9.37 Å². The minimum Gasteiger partial charge on any atom is -0.325 e. The van der Waals surface area contributed by atoms with Gasteiger partial charge in [-0.15, -0.1) is 11.3 Å². The molecule has 0 aliphatic carbocycles. The Kier molecular flexibility index (Phi) is 5.69. The summed E-state index contributed by atoms with van der Waals surface area (Å²) >= 11 is 2.48. The van der Waals surface area contributed by atoms with Gasteiger partial charge in [-0.2, -0.15) is 0 Å². The summed E-state index contributed by atoms with van der Waals surface area (Å²) in [5.41, 5.74) is 3.23. The van der Waals surface area contributed by atoms with Crippen molar-refractivity contribution in [2.45, 2.75) is 19.0 Å². The first-order valence-electron chi connectivity index (χ1n) is 9.19. The smallest absolute Gasteiger partial charge is 0.276 e. The number of thioether (sulfide) groups is 1. The van der Waals surface area contributed by atoms with Crippen LogP contribution in [0.3, 0.4) is 0 Å². The topological polar surface area (TPSA) is 64.0 Å². The molecule has 1 N–H and O–H groups in total. The third kappa shape index (κ3) is 4.01. The van der Waals surface area contributed by atoms with Gasteiger partial charge in [0, 0.05) is 5.69 Å². The largest absolute Gasteiger partial charge is 0.325 e. The highest BCUT2D eigenvalue weighted by Gasteiger charge is 2.17. The monoisotopic (exact) mass is 439 g/mol. The maximum absolute atomic E-state index is 13.6. The number of nitrogens with zero attached hydrogens (tertiary/aromatic N) is 2. The molecule has 0 atom stereocenters. The number of amides is 1. The van der Waals surface area contributed by atoms with Crippen molar-refractivity contribution >= 4 is 44.9 Å². The summed E-state index contributed by atoms with van der Waals surface area (Å²) in [5, 5.41) is 5.08. The zero-order valence-corrected chi connectivity index (χ0v) is 17.9. The number of fused-ring (bicyclic) bond motifs is 1. The van der Waals surface area contributed by atoms with Crippen molar-refractivity contribution in [2.75, 3.05) is 11.1 Å². The summed E-state index contributed by atoms with van der Waals surface area (Å²) in [4.78, 5) is 30.3. The SMILES string of the molecule is Cc1ccccc1NC(=O)CSc1nc2ccsc2c(=O)n1-c1ccc(F)cc1C. The molecular formula is C22H18FN3O2S2. The highest BCUT2D eigenvalue weighted by molar-refractivity contribution is 7.99. The minimum atomic E-state index is -0.374. The normalized spacial score (nSPS) is 11.0. The fourth-order valence-corrected chi connectivity index (χ4v) is 4.67. The molecule has 0 aliphatic rings. The molecule has 0 spiro atoms. The summed E-state index contributed by atoms with van der Waals surface area (Å²) in [6.45, 7) is 3.66. The molecule has 1 amide bonds. The number of carbonyl (C=O) groups excluding carboxylic acids is 1. The van der Waals surface area contributed by atoms with Gasteiger partial charge in [0.2, 0.25) is 5.91 Å². The van der Waals surface area contributed by atoms with E-state index in [0.717, 1.165) is 11.3 Å². The molecule has 30 heavy (non-hydrogen) atoms. The standard InChI is InChI=1S/C22H18FN3O2S2/c1-13-5-3-4-6-16(13)24-19(27)12-30-22-25-17-9-10-29-20(17)21(28)26(22)18-8-7-15(23)11-14(18)2/h3-11H,12H2,1-2H3,(H,24,27). The van der Waals surface area contributed by atoms with Crippen molar-refractivity contribution in [3.63, 3.8) is 0 Å². The number of hydrogen-bond donors (Lipinski definition) is 1. The van der Waals surface area contributed by atoms with E-state index in [2.05, 4.69) is 10.3 Å². The van der Waals surface area contributed by atoms with Crippen LogP contribution < -0.4 is 10.9 Å². The number of thiophene rings is 1. The molecule has 0 saturated carbocycles. The van der Waals surface area contributed by atoms with E-state index in [1.807, 2.05) is 31.2 Å². The van der Waals surface area contributed by atoms with Gasteiger partial charge < -0.3 is 5.32 Å². The maximum Gasteiger partial charge on any atom is 0.276 e. The van der Waals surface area contributed by atoms with Crippen LogP contribution in [0.25, 0.3) is 15.9 Å². The van der Waals surface area contributed by atoms with Crippen LogP contribution in [-0.2, 0) is 4.79 Å². The lowest BCUT2D eigenvalue weighted by Crippen LogP contribution is -2.23. The zero-order chi connectivity index (χ0) is 21.3. The van der Waals surface area contributed by atoms with Crippen LogP contribution in [0.4, 0.5) is 10.1 Å². The molecule has 2 aromatic carbocycles. The molecule has 0 unspecified atom stereocenters. The second kappa shape index (κ2) is 8.41. The van der Waals surface area contributed by atoms with Gasteiger partial charge in [0.1, 0.15) is 10.5 Å². The Morgan fingerprint density at radius 3 is 2.73 bits per heavy atom. The molecule has 2 aromatic heterocycles. The fourth-order valence-electron chi connectivity index (χ4n) is 3.10. The Bertz CT molecular complexity index is 1310. The van der Waals surface area contributed by atoms with Gasteiger partial charge in [-0.1, -0.05) is 30.0 Å². The quantitative estimate of drug-likeness (QED) is 0.354. The molecule has 4 rings (SSSR count). The molecule has 8 heteroatoms. The molecule has 0 radical (unpaired) electrons. The van der Waals surface area contributed by atoms with E-state index in [-0.39, 0.29) is 23.0 Å². The number of para-hydroxylation sites is 1. The summed E-state index contributed by atoms with van der Waals surface area (Å²) in [6.07, 6.45) is 0. The first-order chi connectivity index (χ1) is 14.4. The molecule has 0 bridgehead atoms. The third-order valence-electron chi connectivity index (χ3n) is 4.60. The van der Waals surface area contributed by atoms with Crippen molar-refractivity contribution in [1.29, 1.82) is 0 Å². The van der Waals surface area contributed by atoms with Gasteiger partial charge in [-0.3, -0.25) is 14.2 Å². The Hall–Kier alpha value is -2.97. The number of aromatic nitrogens is 2.